The molecular weight excluding hydrogens is 538 g/mol. The number of sulfonamides is 1. The molecule has 0 aromatic heterocycles. The van der Waals surface area contributed by atoms with Crippen molar-refractivity contribution in [2.75, 3.05) is 23.7 Å². The Labute approximate surface area is 218 Å². The van der Waals surface area contributed by atoms with E-state index >= 15 is 0 Å². The van der Waals surface area contributed by atoms with Gasteiger partial charge in [0, 0.05) is 18.7 Å². The highest BCUT2D eigenvalue weighted by Crippen LogP contribution is 2.37. The smallest absolute Gasteiger partial charge is 0.354 e. The molecule has 0 heterocycles. The maximum Gasteiger partial charge on any atom is 0.417 e. The molecule has 2 rings (SSSR count). The van der Waals surface area contributed by atoms with Gasteiger partial charge in [-0.05, 0) is 37.6 Å². The number of hydrogen-bond acceptors (Lipinski definition) is 4. The predicted octanol–water partition coefficient (Wildman–Crippen LogP) is 4.60. The Morgan fingerprint density at radius 3 is 2.35 bits per heavy atom. The fourth-order valence-corrected chi connectivity index (χ4v) is 4.49. The predicted molar refractivity (Wildman–Crippen MR) is 133 cm³/mol. The Morgan fingerprint density at radius 1 is 1.14 bits per heavy atom. The second kappa shape index (κ2) is 12.6. The van der Waals surface area contributed by atoms with Crippen LogP contribution in [-0.4, -0.2) is 50.5 Å². The van der Waals surface area contributed by atoms with Gasteiger partial charge in [-0.25, -0.2) is 12.8 Å². The van der Waals surface area contributed by atoms with Crippen LogP contribution < -0.4 is 9.62 Å². The average Bonchev–Trinajstić information content (AvgIpc) is 2.80. The van der Waals surface area contributed by atoms with E-state index in [1.54, 1.807) is 0 Å². The number of alkyl halides is 3. The van der Waals surface area contributed by atoms with Crippen molar-refractivity contribution >= 4 is 39.1 Å². The van der Waals surface area contributed by atoms with Gasteiger partial charge in [-0.2, -0.15) is 13.2 Å². The third-order valence-corrected chi connectivity index (χ3v) is 6.99. The summed E-state index contributed by atoms with van der Waals surface area (Å²) in [6.07, 6.45) is -2.66. The van der Waals surface area contributed by atoms with Crippen molar-refractivity contribution in [1.82, 2.24) is 10.2 Å². The van der Waals surface area contributed by atoms with E-state index in [2.05, 4.69) is 5.32 Å². The minimum Gasteiger partial charge on any atom is -0.354 e. The lowest BCUT2D eigenvalue weighted by molar-refractivity contribution is -0.139. The first kappa shape index (κ1) is 30.4. The lowest BCUT2D eigenvalue weighted by Gasteiger charge is -2.31. The molecule has 1 atom stereocenters. The van der Waals surface area contributed by atoms with Gasteiger partial charge in [0.05, 0.1) is 22.5 Å². The molecule has 2 amide bonds. The zero-order valence-electron chi connectivity index (χ0n) is 20.5. The van der Waals surface area contributed by atoms with Crippen LogP contribution in [-0.2, 0) is 32.3 Å². The molecule has 0 spiro atoms. The summed E-state index contributed by atoms with van der Waals surface area (Å²) in [6, 6.07) is 6.84. The maximum absolute atomic E-state index is 14.4. The van der Waals surface area contributed by atoms with E-state index in [0.29, 0.717) is 23.3 Å². The fraction of sp³-hybridized carbons (Fsp3) is 0.417. The summed E-state index contributed by atoms with van der Waals surface area (Å²) >= 11 is 5.65. The minimum absolute atomic E-state index is 0.0702. The molecule has 37 heavy (non-hydrogen) atoms. The van der Waals surface area contributed by atoms with E-state index in [0.717, 1.165) is 29.7 Å². The van der Waals surface area contributed by atoms with Crippen LogP contribution in [0.1, 0.15) is 37.8 Å². The Kier molecular flexibility index (Phi) is 10.3. The lowest BCUT2D eigenvalue weighted by Crippen LogP contribution is -2.51. The van der Waals surface area contributed by atoms with E-state index in [1.165, 1.54) is 31.2 Å². The first-order chi connectivity index (χ1) is 17.2. The second-order valence-corrected chi connectivity index (χ2v) is 10.7. The SMILES string of the molecule is CCCCNC(=O)[C@@H](C)N(Cc1ccccc1F)C(=O)CN(c1ccc(Cl)c(C(F)(F)F)c1)S(C)(=O)=O. The number of anilines is 1. The molecule has 204 valence electrons. The number of amides is 2. The Morgan fingerprint density at radius 2 is 1.78 bits per heavy atom. The molecule has 0 bridgehead atoms. The summed E-state index contributed by atoms with van der Waals surface area (Å²) in [5, 5.41) is 2.02. The van der Waals surface area contributed by atoms with Crippen molar-refractivity contribution < 1.29 is 35.6 Å². The van der Waals surface area contributed by atoms with Gasteiger partial charge in [0.2, 0.25) is 21.8 Å². The monoisotopic (exact) mass is 565 g/mol. The fourth-order valence-electron chi connectivity index (χ4n) is 3.43. The van der Waals surface area contributed by atoms with E-state index in [1.807, 2.05) is 6.92 Å². The molecule has 0 aliphatic rings. The molecule has 0 saturated carbocycles. The van der Waals surface area contributed by atoms with Crippen LogP contribution in [0.3, 0.4) is 0 Å². The standard InChI is InChI=1S/C24H28ClF4N3O4S/c1-4-5-12-30-23(34)16(2)31(14-17-8-6-7-9-21(17)26)22(33)15-32(37(3,35)36)18-10-11-20(25)19(13-18)24(27,28)29/h6-11,13,16H,4-5,12,14-15H2,1-3H3,(H,30,34)/t16-/m1/s1. The molecule has 0 fully saturated rings. The molecule has 1 N–H and O–H groups in total. The number of carbonyl (C=O) groups is 2. The molecule has 0 aliphatic heterocycles. The van der Waals surface area contributed by atoms with E-state index in [-0.39, 0.29) is 12.1 Å². The minimum atomic E-state index is -4.87. The van der Waals surface area contributed by atoms with Crippen LogP contribution in [0.4, 0.5) is 23.2 Å². The number of halogens is 5. The van der Waals surface area contributed by atoms with Crippen LogP contribution in [0.15, 0.2) is 42.5 Å². The van der Waals surface area contributed by atoms with Crippen molar-refractivity contribution in [3.8, 4) is 0 Å². The number of carbonyl (C=O) groups excluding carboxylic acids is 2. The first-order valence-corrected chi connectivity index (χ1v) is 13.5. The topological polar surface area (TPSA) is 86.8 Å². The van der Waals surface area contributed by atoms with Gasteiger partial charge < -0.3 is 10.2 Å². The Bertz CT molecular complexity index is 1220. The highest BCUT2D eigenvalue weighted by atomic mass is 35.5. The van der Waals surface area contributed by atoms with E-state index < -0.39 is 62.7 Å². The van der Waals surface area contributed by atoms with Crippen molar-refractivity contribution in [2.24, 2.45) is 0 Å². The summed E-state index contributed by atoms with van der Waals surface area (Å²) in [7, 11) is -4.27. The van der Waals surface area contributed by atoms with Gasteiger partial charge in [0.25, 0.3) is 0 Å². The number of nitrogens with one attached hydrogen (secondary N) is 1. The van der Waals surface area contributed by atoms with Crippen molar-refractivity contribution in [1.29, 1.82) is 0 Å². The van der Waals surface area contributed by atoms with Gasteiger partial charge in [-0.3, -0.25) is 13.9 Å². The summed E-state index contributed by atoms with van der Waals surface area (Å²) < 4.78 is 80.0. The third kappa shape index (κ3) is 8.32. The van der Waals surface area contributed by atoms with Crippen LogP contribution in [0.5, 0.6) is 0 Å². The molecular formula is C24H28ClF4N3O4S. The van der Waals surface area contributed by atoms with Crippen molar-refractivity contribution in [3.63, 3.8) is 0 Å². The quantitative estimate of drug-likeness (QED) is 0.319. The molecule has 2 aromatic carbocycles. The highest BCUT2D eigenvalue weighted by molar-refractivity contribution is 7.92. The number of hydrogen-bond donors (Lipinski definition) is 1. The Hall–Kier alpha value is -2.86. The zero-order chi connectivity index (χ0) is 28.0. The molecule has 0 radical (unpaired) electrons. The van der Waals surface area contributed by atoms with Crippen molar-refractivity contribution in [3.05, 3.63) is 64.4 Å². The Balaban J connectivity index is 2.46. The van der Waals surface area contributed by atoms with Crippen LogP contribution in [0, 0.1) is 5.82 Å². The van der Waals surface area contributed by atoms with Gasteiger partial charge in [0.15, 0.2) is 0 Å². The van der Waals surface area contributed by atoms with Gasteiger partial charge in [-0.15, -0.1) is 0 Å². The molecule has 0 saturated heterocycles. The second-order valence-electron chi connectivity index (χ2n) is 8.37. The lowest BCUT2D eigenvalue weighted by atomic mass is 10.1. The maximum atomic E-state index is 14.4. The zero-order valence-corrected chi connectivity index (χ0v) is 22.1. The molecule has 0 aliphatic carbocycles. The number of rotatable bonds is 11. The van der Waals surface area contributed by atoms with Gasteiger partial charge >= 0.3 is 6.18 Å². The average molecular weight is 566 g/mol. The number of nitrogens with zero attached hydrogens (tertiary/aromatic N) is 2. The first-order valence-electron chi connectivity index (χ1n) is 11.3. The summed E-state index contributed by atoms with van der Waals surface area (Å²) in [6.45, 7) is 2.35. The molecule has 0 unspecified atom stereocenters. The van der Waals surface area contributed by atoms with Gasteiger partial charge in [-0.1, -0.05) is 43.1 Å². The van der Waals surface area contributed by atoms with E-state index in [9.17, 15) is 35.6 Å². The summed E-state index contributed by atoms with van der Waals surface area (Å²) in [4.78, 5) is 27.1. The highest BCUT2D eigenvalue weighted by Gasteiger charge is 2.35. The number of unbranched alkanes of at least 4 members (excludes halogenated alkanes) is 1. The normalized spacial score (nSPS) is 12.6. The summed E-state index contributed by atoms with van der Waals surface area (Å²) in [5.74, 6) is -2.11. The number of benzene rings is 2. The summed E-state index contributed by atoms with van der Waals surface area (Å²) in [5.41, 5.74) is -1.65. The third-order valence-electron chi connectivity index (χ3n) is 5.52. The van der Waals surface area contributed by atoms with E-state index in [4.69, 9.17) is 11.6 Å². The molecule has 7 nitrogen and oxygen atoms in total. The molecule has 13 heteroatoms. The van der Waals surface area contributed by atoms with Crippen LogP contribution in [0.2, 0.25) is 5.02 Å². The largest absolute Gasteiger partial charge is 0.417 e. The van der Waals surface area contributed by atoms with Gasteiger partial charge in [0.1, 0.15) is 18.4 Å². The molecule has 2 aromatic rings. The van der Waals surface area contributed by atoms with Crippen molar-refractivity contribution in [2.45, 2.75) is 45.5 Å². The van der Waals surface area contributed by atoms with Crippen LogP contribution in [0.25, 0.3) is 0 Å². The van der Waals surface area contributed by atoms with Crippen LogP contribution >= 0.6 is 11.6 Å².